The average molecular weight is 247 g/mol. The molecule has 0 saturated carbocycles. The zero-order valence-corrected chi connectivity index (χ0v) is 10.6. The molecule has 1 N–H and O–H groups in total. The largest absolute Gasteiger partial charge is 0.508 e. The van der Waals surface area contributed by atoms with Gasteiger partial charge in [-0.25, -0.2) is 0 Å². The van der Waals surface area contributed by atoms with Crippen molar-refractivity contribution >= 4 is 32.4 Å². The van der Waals surface area contributed by atoms with E-state index in [9.17, 15) is 5.11 Å². The third-order valence-electron chi connectivity index (χ3n) is 3.85. The Morgan fingerprint density at radius 2 is 1.58 bits per heavy atom. The van der Waals surface area contributed by atoms with E-state index in [0.29, 0.717) is 5.75 Å². The number of hydrogen-bond donors (Lipinski definition) is 1. The Morgan fingerprint density at radius 3 is 2.47 bits per heavy atom. The standard InChI is InChI=1S/C17H13NO/c1-18-9-8-14-16(18)7-5-12-3-2-11-4-6-13(19)10-15(11)17(12)14/h2-10,19H,1H3. The van der Waals surface area contributed by atoms with Gasteiger partial charge in [0.1, 0.15) is 5.75 Å². The SMILES string of the molecule is Cn1ccc2c3c(ccc4ccc(O)cc43)ccc21. The monoisotopic (exact) mass is 247 g/mol. The molecule has 0 saturated heterocycles. The van der Waals surface area contributed by atoms with E-state index in [4.69, 9.17) is 0 Å². The lowest BCUT2D eigenvalue weighted by atomic mass is 9.99. The summed E-state index contributed by atoms with van der Waals surface area (Å²) in [5.41, 5.74) is 1.21. The number of aryl methyl sites for hydroxylation is 1. The fraction of sp³-hybridized carbons (Fsp3) is 0.0588. The highest BCUT2D eigenvalue weighted by Crippen LogP contribution is 2.33. The van der Waals surface area contributed by atoms with Gasteiger partial charge >= 0.3 is 0 Å². The maximum absolute atomic E-state index is 9.76. The zero-order chi connectivity index (χ0) is 13.0. The van der Waals surface area contributed by atoms with Crippen molar-refractivity contribution in [1.82, 2.24) is 4.57 Å². The van der Waals surface area contributed by atoms with E-state index in [0.717, 1.165) is 10.8 Å². The molecule has 4 rings (SSSR count). The minimum Gasteiger partial charge on any atom is -0.508 e. The number of fused-ring (bicyclic) bond motifs is 5. The van der Waals surface area contributed by atoms with Gasteiger partial charge in [0.05, 0.1) is 0 Å². The van der Waals surface area contributed by atoms with Crippen LogP contribution >= 0.6 is 0 Å². The molecule has 1 aromatic heterocycles. The normalized spacial score (nSPS) is 11.6. The van der Waals surface area contributed by atoms with Gasteiger partial charge in [0.2, 0.25) is 0 Å². The second-order valence-electron chi connectivity index (χ2n) is 4.99. The molecule has 0 amide bonds. The van der Waals surface area contributed by atoms with Crippen LogP contribution in [0.1, 0.15) is 0 Å². The third kappa shape index (κ3) is 1.37. The Bertz CT molecular complexity index is 934. The molecular formula is C17H13NO. The van der Waals surface area contributed by atoms with Gasteiger partial charge in [0.15, 0.2) is 0 Å². The molecule has 4 aromatic rings. The summed E-state index contributed by atoms with van der Waals surface area (Å²) in [7, 11) is 2.05. The highest BCUT2D eigenvalue weighted by Gasteiger charge is 2.07. The van der Waals surface area contributed by atoms with Crippen molar-refractivity contribution in [2.45, 2.75) is 0 Å². The maximum Gasteiger partial charge on any atom is 0.116 e. The molecule has 19 heavy (non-hydrogen) atoms. The fourth-order valence-corrected chi connectivity index (χ4v) is 2.89. The summed E-state index contributed by atoms with van der Waals surface area (Å²) in [6, 6.07) is 16.2. The van der Waals surface area contributed by atoms with Crippen molar-refractivity contribution in [3.63, 3.8) is 0 Å². The van der Waals surface area contributed by atoms with Crippen LogP contribution in [0.2, 0.25) is 0 Å². The quantitative estimate of drug-likeness (QED) is 0.463. The van der Waals surface area contributed by atoms with Crippen LogP contribution in [-0.2, 0) is 7.05 Å². The summed E-state index contributed by atoms with van der Waals surface area (Å²) in [5, 5.41) is 15.7. The summed E-state index contributed by atoms with van der Waals surface area (Å²) in [4.78, 5) is 0. The number of aromatic hydroxyl groups is 1. The molecule has 0 aliphatic carbocycles. The van der Waals surface area contributed by atoms with Crippen LogP contribution in [0, 0.1) is 0 Å². The first-order valence-corrected chi connectivity index (χ1v) is 6.33. The average Bonchev–Trinajstić information content (AvgIpc) is 2.80. The van der Waals surface area contributed by atoms with E-state index in [2.05, 4.69) is 48.1 Å². The zero-order valence-electron chi connectivity index (χ0n) is 10.6. The van der Waals surface area contributed by atoms with Crippen molar-refractivity contribution in [3.8, 4) is 5.75 Å². The van der Waals surface area contributed by atoms with Crippen LogP contribution in [0.4, 0.5) is 0 Å². The molecule has 2 heteroatoms. The maximum atomic E-state index is 9.76. The van der Waals surface area contributed by atoms with E-state index < -0.39 is 0 Å². The first kappa shape index (κ1) is 10.4. The Morgan fingerprint density at radius 1 is 0.842 bits per heavy atom. The molecule has 0 atom stereocenters. The Labute approximate surface area is 110 Å². The van der Waals surface area contributed by atoms with E-state index in [1.54, 1.807) is 6.07 Å². The van der Waals surface area contributed by atoms with Crippen LogP contribution in [0.5, 0.6) is 5.75 Å². The van der Waals surface area contributed by atoms with E-state index in [1.807, 2.05) is 12.1 Å². The molecular weight excluding hydrogens is 234 g/mol. The van der Waals surface area contributed by atoms with Crippen LogP contribution in [0.15, 0.2) is 54.7 Å². The van der Waals surface area contributed by atoms with Crippen molar-refractivity contribution in [2.75, 3.05) is 0 Å². The molecule has 0 spiro atoms. The van der Waals surface area contributed by atoms with Gasteiger partial charge in [0, 0.05) is 24.1 Å². The summed E-state index contributed by atoms with van der Waals surface area (Å²) < 4.78 is 2.12. The second-order valence-corrected chi connectivity index (χ2v) is 4.99. The molecule has 3 aromatic carbocycles. The predicted octanol–water partition coefficient (Wildman–Crippen LogP) is 4.19. The van der Waals surface area contributed by atoms with Crippen molar-refractivity contribution in [2.24, 2.45) is 7.05 Å². The van der Waals surface area contributed by atoms with Crippen LogP contribution in [-0.4, -0.2) is 9.67 Å². The lowest BCUT2D eigenvalue weighted by Gasteiger charge is -2.07. The molecule has 92 valence electrons. The molecule has 0 radical (unpaired) electrons. The van der Waals surface area contributed by atoms with Crippen molar-refractivity contribution < 1.29 is 5.11 Å². The number of rotatable bonds is 0. The predicted molar refractivity (Wildman–Crippen MR) is 79.6 cm³/mol. The number of phenols is 1. The summed E-state index contributed by atoms with van der Waals surface area (Å²) in [6.45, 7) is 0. The Hall–Kier alpha value is -2.48. The van der Waals surface area contributed by atoms with E-state index >= 15 is 0 Å². The highest BCUT2D eigenvalue weighted by atomic mass is 16.3. The summed E-state index contributed by atoms with van der Waals surface area (Å²) in [5.74, 6) is 0.313. The smallest absolute Gasteiger partial charge is 0.116 e. The second kappa shape index (κ2) is 3.51. The van der Waals surface area contributed by atoms with Crippen LogP contribution in [0.25, 0.3) is 32.4 Å². The molecule has 2 nitrogen and oxygen atoms in total. The fourth-order valence-electron chi connectivity index (χ4n) is 2.89. The Balaban J connectivity index is 2.35. The summed E-state index contributed by atoms with van der Waals surface area (Å²) >= 11 is 0. The molecule has 0 aliphatic rings. The van der Waals surface area contributed by atoms with Gasteiger partial charge in [0.25, 0.3) is 0 Å². The van der Waals surface area contributed by atoms with Gasteiger partial charge in [-0.1, -0.05) is 24.3 Å². The van der Waals surface area contributed by atoms with Crippen LogP contribution < -0.4 is 0 Å². The van der Waals surface area contributed by atoms with Crippen LogP contribution in [0.3, 0.4) is 0 Å². The van der Waals surface area contributed by atoms with Gasteiger partial charge in [-0.05, 0) is 45.8 Å². The van der Waals surface area contributed by atoms with E-state index in [1.165, 1.54) is 21.7 Å². The van der Waals surface area contributed by atoms with Gasteiger partial charge in [-0.3, -0.25) is 0 Å². The number of aromatic nitrogens is 1. The minimum atomic E-state index is 0.313. The van der Waals surface area contributed by atoms with Gasteiger partial charge < -0.3 is 9.67 Å². The van der Waals surface area contributed by atoms with Crippen molar-refractivity contribution in [1.29, 1.82) is 0 Å². The van der Waals surface area contributed by atoms with E-state index in [-0.39, 0.29) is 0 Å². The Kier molecular flexibility index (Phi) is 1.93. The topological polar surface area (TPSA) is 25.2 Å². The summed E-state index contributed by atoms with van der Waals surface area (Å²) in [6.07, 6.45) is 2.08. The first-order chi connectivity index (χ1) is 9.24. The molecule has 0 fully saturated rings. The number of hydrogen-bond acceptors (Lipinski definition) is 1. The van der Waals surface area contributed by atoms with Gasteiger partial charge in [-0.2, -0.15) is 0 Å². The van der Waals surface area contributed by atoms with Gasteiger partial charge in [-0.15, -0.1) is 0 Å². The molecule has 0 bridgehead atoms. The highest BCUT2D eigenvalue weighted by molar-refractivity contribution is 6.20. The number of phenolic OH excluding ortho intramolecular Hbond substituents is 1. The lowest BCUT2D eigenvalue weighted by Crippen LogP contribution is -1.84. The molecule has 1 heterocycles. The number of benzene rings is 3. The first-order valence-electron chi connectivity index (χ1n) is 6.33. The molecule has 0 unspecified atom stereocenters. The lowest BCUT2D eigenvalue weighted by molar-refractivity contribution is 0.476. The minimum absolute atomic E-state index is 0.313. The number of nitrogens with zero attached hydrogens (tertiary/aromatic N) is 1. The van der Waals surface area contributed by atoms with Crippen molar-refractivity contribution in [3.05, 3.63) is 54.7 Å². The third-order valence-corrected chi connectivity index (χ3v) is 3.85. The molecule has 0 aliphatic heterocycles.